The number of nitrogens with zero attached hydrogens (tertiary/aromatic N) is 1. The number of hydrogen-bond acceptors (Lipinski definition) is 1. The van der Waals surface area contributed by atoms with Gasteiger partial charge in [0.1, 0.15) is 5.15 Å². The molecule has 2 aromatic heterocycles. The first-order valence-corrected chi connectivity index (χ1v) is 5.00. The monoisotopic (exact) mass is 208 g/mol. The molecule has 1 N–H and O–H groups in total. The molecule has 74 valence electrons. The molecule has 0 unspecified atom stereocenters. The van der Waals surface area contributed by atoms with E-state index in [0.29, 0.717) is 5.15 Å². The van der Waals surface area contributed by atoms with Gasteiger partial charge in [0.05, 0.1) is 5.52 Å². The molecule has 0 aliphatic carbocycles. The van der Waals surface area contributed by atoms with Gasteiger partial charge in [-0.15, -0.1) is 0 Å². The predicted octanol–water partition coefficient (Wildman–Crippen LogP) is 3.51. The molecule has 0 saturated carbocycles. The molecule has 0 fully saturated rings. The highest BCUT2D eigenvalue weighted by Crippen LogP contribution is 2.28. The van der Waals surface area contributed by atoms with E-state index in [-0.39, 0.29) is 5.41 Å². The van der Waals surface area contributed by atoms with E-state index in [2.05, 4.69) is 36.8 Å². The SMILES string of the molecule is CC(C)(C)c1cc2c(Cl)nccc2[nH]1. The van der Waals surface area contributed by atoms with Crippen LogP contribution in [0.2, 0.25) is 5.15 Å². The second-order valence-electron chi connectivity index (χ2n) is 4.50. The topological polar surface area (TPSA) is 28.7 Å². The molecule has 0 aliphatic heterocycles. The lowest BCUT2D eigenvalue weighted by Gasteiger charge is -2.15. The van der Waals surface area contributed by atoms with Gasteiger partial charge in [0.2, 0.25) is 0 Å². The van der Waals surface area contributed by atoms with Gasteiger partial charge >= 0.3 is 0 Å². The van der Waals surface area contributed by atoms with E-state index in [1.54, 1.807) is 6.20 Å². The van der Waals surface area contributed by atoms with Crippen molar-refractivity contribution in [3.05, 3.63) is 29.2 Å². The summed E-state index contributed by atoms with van der Waals surface area (Å²) in [5.74, 6) is 0. The summed E-state index contributed by atoms with van der Waals surface area (Å²) in [6, 6.07) is 4.01. The lowest BCUT2D eigenvalue weighted by molar-refractivity contribution is 0.574. The van der Waals surface area contributed by atoms with Gasteiger partial charge < -0.3 is 4.98 Å². The molecule has 2 aromatic rings. The van der Waals surface area contributed by atoms with E-state index in [9.17, 15) is 0 Å². The third-order valence-electron chi connectivity index (χ3n) is 2.31. The summed E-state index contributed by atoms with van der Waals surface area (Å²) in [5.41, 5.74) is 2.35. The van der Waals surface area contributed by atoms with Crippen molar-refractivity contribution in [2.24, 2.45) is 0 Å². The number of rotatable bonds is 0. The molecule has 2 heterocycles. The van der Waals surface area contributed by atoms with Crippen LogP contribution < -0.4 is 0 Å². The largest absolute Gasteiger partial charge is 0.358 e. The van der Waals surface area contributed by atoms with Crippen molar-refractivity contribution in [1.29, 1.82) is 0 Å². The summed E-state index contributed by atoms with van der Waals surface area (Å²) in [7, 11) is 0. The average Bonchev–Trinajstić information content (AvgIpc) is 2.48. The molecule has 0 bridgehead atoms. The van der Waals surface area contributed by atoms with E-state index >= 15 is 0 Å². The number of hydrogen-bond donors (Lipinski definition) is 1. The highest BCUT2D eigenvalue weighted by molar-refractivity contribution is 6.34. The van der Waals surface area contributed by atoms with Crippen LogP contribution in [0, 0.1) is 0 Å². The van der Waals surface area contributed by atoms with Crippen molar-refractivity contribution < 1.29 is 0 Å². The van der Waals surface area contributed by atoms with Crippen LogP contribution in [0.25, 0.3) is 10.9 Å². The first-order valence-electron chi connectivity index (χ1n) is 4.62. The van der Waals surface area contributed by atoms with Crippen LogP contribution >= 0.6 is 11.6 Å². The van der Waals surface area contributed by atoms with Crippen molar-refractivity contribution in [1.82, 2.24) is 9.97 Å². The molecule has 0 aliphatic rings. The fourth-order valence-electron chi connectivity index (χ4n) is 1.42. The molecule has 0 amide bonds. The smallest absolute Gasteiger partial charge is 0.138 e. The quantitative estimate of drug-likeness (QED) is 0.660. The van der Waals surface area contributed by atoms with Crippen LogP contribution in [0.3, 0.4) is 0 Å². The summed E-state index contributed by atoms with van der Waals surface area (Å²) in [6.45, 7) is 6.50. The Morgan fingerprint density at radius 2 is 2.07 bits per heavy atom. The fourth-order valence-corrected chi connectivity index (χ4v) is 1.64. The third-order valence-corrected chi connectivity index (χ3v) is 2.61. The van der Waals surface area contributed by atoms with Crippen molar-refractivity contribution >= 4 is 22.5 Å². The Morgan fingerprint density at radius 1 is 1.36 bits per heavy atom. The number of aromatic amines is 1. The Balaban J connectivity index is 2.69. The van der Waals surface area contributed by atoms with Crippen LogP contribution in [0.4, 0.5) is 0 Å². The minimum atomic E-state index is 0.113. The highest BCUT2D eigenvalue weighted by Gasteiger charge is 2.16. The molecule has 0 atom stereocenters. The van der Waals surface area contributed by atoms with Gasteiger partial charge in [0.25, 0.3) is 0 Å². The highest BCUT2D eigenvalue weighted by atomic mass is 35.5. The average molecular weight is 209 g/mol. The number of nitrogens with one attached hydrogen (secondary N) is 1. The Labute approximate surface area is 88.3 Å². The van der Waals surface area contributed by atoms with Crippen LogP contribution in [0.5, 0.6) is 0 Å². The lowest BCUT2D eigenvalue weighted by Crippen LogP contribution is -2.10. The van der Waals surface area contributed by atoms with E-state index in [4.69, 9.17) is 11.6 Å². The van der Waals surface area contributed by atoms with Crippen molar-refractivity contribution in [3.8, 4) is 0 Å². The molecule has 0 saturated heterocycles. The normalized spacial score (nSPS) is 12.3. The number of pyridine rings is 1. The van der Waals surface area contributed by atoms with Crippen LogP contribution in [0.1, 0.15) is 26.5 Å². The summed E-state index contributed by atoms with van der Waals surface area (Å²) in [6.07, 6.45) is 1.72. The summed E-state index contributed by atoms with van der Waals surface area (Å²) < 4.78 is 0. The van der Waals surface area contributed by atoms with Crippen LogP contribution in [-0.2, 0) is 5.41 Å². The van der Waals surface area contributed by atoms with E-state index < -0.39 is 0 Å². The van der Waals surface area contributed by atoms with Gasteiger partial charge in [0, 0.05) is 22.7 Å². The molecule has 2 rings (SSSR count). The fraction of sp³-hybridized carbons (Fsp3) is 0.364. The van der Waals surface area contributed by atoms with Crippen molar-refractivity contribution in [2.75, 3.05) is 0 Å². The maximum absolute atomic E-state index is 5.99. The predicted molar refractivity (Wildman–Crippen MR) is 59.8 cm³/mol. The zero-order valence-corrected chi connectivity index (χ0v) is 9.31. The Morgan fingerprint density at radius 3 is 2.64 bits per heavy atom. The zero-order chi connectivity index (χ0) is 10.3. The van der Waals surface area contributed by atoms with Gasteiger partial charge in [-0.05, 0) is 12.1 Å². The van der Waals surface area contributed by atoms with Gasteiger partial charge in [-0.2, -0.15) is 0 Å². The second kappa shape index (κ2) is 2.99. The number of fused-ring (bicyclic) bond motifs is 1. The van der Waals surface area contributed by atoms with Gasteiger partial charge in [-0.3, -0.25) is 0 Å². The first-order chi connectivity index (χ1) is 6.48. The standard InChI is InChI=1S/C11H13ClN2/c1-11(2,3)9-6-7-8(14-9)4-5-13-10(7)12/h4-6,14H,1-3H3. The van der Waals surface area contributed by atoms with Gasteiger partial charge in [0.15, 0.2) is 0 Å². The van der Waals surface area contributed by atoms with Crippen LogP contribution in [0.15, 0.2) is 18.3 Å². The van der Waals surface area contributed by atoms with E-state index in [1.807, 2.05) is 6.07 Å². The Bertz CT molecular complexity index is 466. The molecule has 2 nitrogen and oxygen atoms in total. The Hall–Kier alpha value is -1.02. The van der Waals surface area contributed by atoms with Gasteiger partial charge in [-0.25, -0.2) is 4.98 Å². The van der Waals surface area contributed by atoms with E-state index in [0.717, 1.165) is 10.9 Å². The molecule has 0 spiro atoms. The zero-order valence-electron chi connectivity index (χ0n) is 8.56. The summed E-state index contributed by atoms with van der Waals surface area (Å²) >= 11 is 5.99. The molecule has 14 heavy (non-hydrogen) atoms. The Kier molecular flexibility index (Phi) is 2.04. The maximum Gasteiger partial charge on any atom is 0.138 e. The number of halogens is 1. The van der Waals surface area contributed by atoms with Gasteiger partial charge in [-0.1, -0.05) is 32.4 Å². The summed E-state index contributed by atoms with van der Waals surface area (Å²) in [5, 5.41) is 1.56. The third kappa shape index (κ3) is 1.50. The lowest BCUT2D eigenvalue weighted by atomic mass is 9.92. The van der Waals surface area contributed by atoms with Crippen molar-refractivity contribution in [3.63, 3.8) is 0 Å². The molecule has 0 aromatic carbocycles. The molecule has 0 radical (unpaired) electrons. The van der Waals surface area contributed by atoms with Crippen molar-refractivity contribution in [2.45, 2.75) is 26.2 Å². The molecular weight excluding hydrogens is 196 g/mol. The van der Waals surface area contributed by atoms with E-state index in [1.165, 1.54) is 5.69 Å². The maximum atomic E-state index is 5.99. The van der Waals surface area contributed by atoms with Crippen LogP contribution in [-0.4, -0.2) is 9.97 Å². The first kappa shape index (κ1) is 9.53. The summed E-state index contributed by atoms with van der Waals surface area (Å²) in [4.78, 5) is 7.40. The minimum Gasteiger partial charge on any atom is -0.358 e. The molecular formula is C11H13ClN2. The second-order valence-corrected chi connectivity index (χ2v) is 4.85. The number of aromatic nitrogens is 2. The molecule has 3 heteroatoms. The number of H-pyrrole nitrogens is 1. The minimum absolute atomic E-state index is 0.113.